The Morgan fingerprint density at radius 1 is 1.31 bits per heavy atom. The maximum absolute atomic E-state index is 13.1. The average molecular weight is 433 g/mol. The lowest BCUT2D eigenvalue weighted by Crippen LogP contribution is -2.49. The van der Waals surface area contributed by atoms with Crippen LogP contribution in [-0.2, 0) is 4.74 Å². The van der Waals surface area contributed by atoms with Crippen LogP contribution in [0.5, 0.6) is 0 Å². The van der Waals surface area contributed by atoms with Crippen LogP contribution >= 0.6 is 27.3 Å². The summed E-state index contributed by atoms with van der Waals surface area (Å²) in [6.45, 7) is 1.36. The van der Waals surface area contributed by atoms with E-state index in [1.54, 1.807) is 4.90 Å². The van der Waals surface area contributed by atoms with Gasteiger partial charge in [0.05, 0.1) is 24.1 Å². The first-order valence-corrected chi connectivity index (χ1v) is 10.0. The van der Waals surface area contributed by atoms with Crippen molar-refractivity contribution < 1.29 is 14.3 Å². The molecule has 0 unspecified atom stereocenters. The minimum absolute atomic E-state index is 0.0499. The number of aromatic amines is 1. The van der Waals surface area contributed by atoms with Crippen LogP contribution in [0.25, 0.3) is 10.9 Å². The summed E-state index contributed by atoms with van der Waals surface area (Å²) >= 11 is 4.87. The van der Waals surface area contributed by atoms with Crippen molar-refractivity contribution in [1.82, 2.24) is 9.88 Å². The first-order valence-electron chi connectivity index (χ1n) is 8.35. The lowest BCUT2D eigenvalue weighted by molar-refractivity contribution is -0.00302. The Balaban J connectivity index is 1.56. The first-order chi connectivity index (χ1) is 12.6. The van der Waals surface area contributed by atoms with Crippen molar-refractivity contribution in [3.63, 3.8) is 0 Å². The standard InChI is InChI=1S/C19H17BrN2O3S/c20-13-4-3-12-8-16(21-15(12)9-13)19(24)22-5-6-25-11-14(22)10-17(23)18-2-1-7-26-18/h1-4,7-9,14,21H,5-6,10-11H2/t14-/m1/s1. The van der Waals surface area contributed by atoms with Crippen molar-refractivity contribution in [2.24, 2.45) is 0 Å². The molecule has 1 aliphatic heterocycles. The van der Waals surface area contributed by atoms with E-state index in [1.807, 2.05) is 41.8 Å². The number of thiophene rings is 1. The number of hydrogen-bond acceptors (Lipinski definition) is 4. The molecule has 1 saturated heterocycles. The summed E-state index contributed by atoms with van der Waals surface area (Å²) in [5.74, 6) is -0.0431. The van der Waals surface area contributed by atoms with Gasteiger partial charge in [0, 0.05) is 28.3 Å². The third-order valence-electron chi connectivity index (χ3n) is 4.52. The number of Topliss-reactive ketones (excluding diaryl/α,β-unsaturated/α-hetero) is 1. The molecule has 3 heterocycles. The largest absolute Gasteiger partial charge is 0.377 e. The third-order valence-corrected chi connectivity index (χ3v) is 5.92. The van der Waals surface area contributed by atoms with Gasteiger partial charge in [0.15, 0.2) is 5.78 Å². The lowest BCUT2D eigenvalue weighted by atomic mass is 10.1. The number of nitrogens with zero attached hydrogens (tertiary/aromatic N) is 1. The lowest BCUT2D eigenvalue weighted by Gasteiger charge is -2.35. The van der Waals surface area contributed by atoms with E-state index < -0.39 is 0 Å². The molecule has 1 amide bonds. The first kappa shape index (κ1) is 17.5. The minimum atomic E-state index is -0.246. The molecular weight excluding hydrogens is 416 g/mol. The number of carbonyl (C=O) groups is 2. The molecule has 1 fully saturated rings. The number of amides is 1. The molecule has 1 N–H and O–H groups in total. The van der Waals surface area contributed by atoms with E-state index in [0.29, 0.717) is 25.5 Å². The highest BCUT2D eigenvalue weighted by atomic mass is 79.9. The number of hydrogen-bond donors (Lipinski definition) is 1. The molecule has 0 radical (unpaired) electrons. The maximum atomic E-state index is 13.1. The van der Waals surface area contributed by atoms with Gasteiger partial charge >= 0.3 is 0 Å². The van der Waals surface area contributed by atoms with Crippen LogP contribution in [-0.4, -0.2) is 47.4 Å². The minimum Gasteiger partial charge on any atom is -0.377 e. The second-order valence-corrected chi connectivity index (χ2v) is 8.11. The van der Waals surface area contributed by atoms with Crippen molar-refractivity contribution in [3.05, 3.63) is 56.8 Å². The number of rotatable bonds is 4. The Kier molecular flexibility index (Phi) is 4.93. The summed E-state index contributed by atoms with van der Waals surface area (Å²) < 4.78 is 6.49. The fraction of sp³-hybridized carbons (Fsp3) is 0.263. The number of fused-ring (bicyclic) bond motifs is 1. The van der Waals surface area contributed by atoms with Crippen molar-refractivity contribution in [2.45, 2.75) is 12.5 Å². The van der Waals surface area contributed by atoms with E-state index in [0.717, 1.165) is 20.3 Å². The van der Waals surface area contributed by atoms with Gasteiger partial charge in [0.1, 0.15) is 5.69 Å². The van der Waals surface area contributed by atoms with E-state index in [1.165, 1.54) is 11.3 Å². The zero-order valence-electron chi connectivity index (χ0n) is 13.9. The van der Waals surface area contributed by atoms with Gasteiger partial charge in [0.25, 0.3) is 5.91 Å². The number of nitrogens with one attached hydrogen (secondary N) is 1. The Morgan fingerprint density at radius 2 is 2.19 bits per heavy atom. The van der Waals surface area contributed by atoms with Gasteiger partial charge in [-0.2, -0.15) is 0 Å². The molecule has 1 aliphatic rings. The van der Waals surface area contributed by atoms with Crippen molar-refractivity contribution >= 4 is 49.9 Å². The zero-order valence-corrected chi connectivity index (χ0v) is 16.3. The van der Waals surface area contributed by atoms with Crippen LogP contribution in [0.1, 0.15) is 26.6 Å². The number of halogens is 1. The Bertz CT molecular complexity index is 951. The van der Waals surface area contributed by atoms with E-state index in [-0.39, 0.29) is 24.2 Å². The third kappa shape index (κ3) is 3.47. The van der Waals surface area contributed by atoms with Crippen LogP contribution in [0.15, 0.2) is 46.3 Å². The normalized spacial score (nSPS) is 17.6. The van der Waals surface area contributed by atoms with Crippen LogP contribution in [0.3, 0.4) is 0 Å². The number of benzene rings is 1. The smallest absolute Gasteiger partial charge is 0.270 e. The topological polar surface area (TPSA) is 62.4 Å². The molecule has 0 spiro atoms. The molecule has 134 valence electrons. The zero-order chi connectivity index (χ0) is 18.1. The Morgan fingerprint density at radius 3 is 3.00 bits per heavy atom. The number of aromatic nitrogens is 1. The van der Waals surface area contributed by atoms with E-state index in [9.17, 15) is 9.59 Å². The van der Waals surface area contributed by atoms with Crippen LogP contribution in [0, 0.1) is 0 Å². The molecule has 0 saturated carbocycles. The van der Waals surface area contributed by atoms with Crippen LogP contribution in [0.4, 0.5) is 0 Å². The molecule has 3 aromatic rings. The fourth-order valence-electron chi connectivity index (χ4n) is 3.21. The van der Waals surface area contributed by atoms with Gasteiger partial charge in [-0.3, -0.25) is 9.59 Å². The highest BCUT2D eigenvalue weighted by Gasteiger charge is 2.31. The van der Waals surface area contributed by atoms with Crippen LogP contribution < -0.4 is 0 Å². The molecule has 4 rings (SSSR count). The van der Waals surface area contributed by atoms with Gasteiger partial charge in [0.2, 0.25) is 0 Å². The second kappa shape index (κ2) is 7.34. The van der Waals surface area contributed by atoms with Gasteiger partial charge in [-0.05, 0) is 29.6 Å². The van der Waals surface area contributed by atoms with Gasteiger partial charge < -0.3 is 14.6 Å². The number of ether oxygens (including phenoxy) is 1. The van der Waals surface area contributed by atoms with E-state index >= 15 is 0 Å². The summed E-state index contributed by atoms with van der Waals surface area (Å²) in [5, 5.41) is 2.87. The van der Waals surface area contributed by atoms with Gasteiger partial charge in [-0.1, -0.05) is 28.1 Å². The number of carbonyl (C=O) groups excluding carboxylic acids is 2. The predicted octanol–water partition coefficient (Wildman–Crippen LogP) is 4.11. The molecule has 5 nitrogen and oxygen atoms in total. The van der Waals surface area contributed by atoms with Gasteiger partial charge in [-0.25, -0.2) is 0 Å². The number of H-pyrrole nitrogens is 1. The van der Waals surface area contributed by atoms with Crippen molar-refractivity contribution in [3.8, 4) is 0 Å². The highest BCUT2D eigenvalue weighted by Crippen LogP contribution is 2.23. The van der Waals surface area contributed by atoms with E-state index in [2.05, 4.69) is 20.9 Å². The SMILES string of the molecule is O=C(C[C@@H]1COCCN1C(=O)c1cc2ccc(Br)cc2[nH]1)c1cccs1. The van der Waals surface area contributed by atoms with Gasteiger partial charge in [-0.15, -0.1) is 11.3 Å². The Hall–Kier alpha value is -1.96. The second-order valence-electron chi connectivity index (χ2n) is 6.25. The summed E-state index contributed by atoms with van der Waals surface area (Å²) in [5.41, 5.74) is 1.44. The number of morpholine rings is 1. The van der Waals surface area contributed by atoms with Crippen molar-refractivity contribution in [2.75, 3.05) is 19.8 Å². The quantitative estimate of drug-likeness (QED) is 0.631. The molecular formula is C19H17BrN2O3S. The molecule has 0 bridgehead atoms. The highest BCUT2D eigenvalue weighted by molar-refractivity contribution is 9.10. The molecule has 0 aliphatic carbocycles. The summed E-state index contributed by atoms with van der Waals surface area (Å²) in [6, 6.07) is 11.1. The number of ketones is 1. The fourth-order valence-corrected chi connectivity index (χ4v) is 4.25. The maximum Gasteiger partial charge on any atom is 0.270 e. The monoisotopic (exact) mass is 432 g/mol. The Labute approximate surface area is 163 Å². The summed E-state index contributed by atoms with van der Waals surface area (Å²) in [7, 11) is 0. The molecule has 2 aromatic heterocycles. The molecule has 7 heteroatoms. The molecule has 1 aromatic carbocycles. The predicted molar refractivity (Wildman–Crippen MR) is 105 cm³/mol. The molecule has 1 atom stereocenters. The van der Waals surface area contributed by atoms with E-state index in [4.69, 9.17) is 4.74 Å². The molecule has 26 heavy (non-hydrogen) atoms. The average Bonchev–Trinajstić information content (AvgIpc) is 3.31. The van der Waals surface area contributed by atoms with Crippen molar-refractivity contribution in [1.29, 1.82) is 0 Å². The summed E-state index contributed by atoms with van der Waals surface area (Å²) in [6.07, 6.45) is 0.276. The van der Waals surface area contributed by atoms with Crippen LogP contribution in [0.2, 0.25) is 0 Å². The summed E-state index contributed by atoms with van der Waals surface area (Å²) in [4.78, 5) is 31.2.